The normalized spacial score (nSPS) is 41.4. The smallest absolute Gasteiger partial charge is 0.335 e. The fourth-order valence-electron chi connectivity index (χ4n) is 3.57. The third kappa shape index (κ3) is 6.54. The number of carboxylic acids is 1. The third-order valence-corrected chi connectivity index (χ3v) is 5.52. The fourth-order valence-corrected chi connectivity index (χ4v) is 4.17. The molecule has 0 amide bonds. The van der Waals surface area contributed by atoms with Crippen LogP contribution in [0.2, 0.25) is 0 Å². The lowest BCUT2D eigenvalue weighted by Crippen LogP contribution is -2.67. The summed E-state index contributed by atoms with van der Waals surface area (Å²) in [7, 11) is -4.85. The van der Waals surface area contributed by atoms with E-state index < -0.39 is 83.2 Å². The van der Waals surface area contributed by atoms with Crippen LogP contribution in [0.3, 0.4) is 0 Å². The molecule has 0 spiro atoms. The number of nitrogens with one attached hydrogen (secondary N) is 1. The molecule has 15 heteroatoms. The maximum atomic E-state index is 11.7. The van der Waals surface area contributed by atoms with Crippen molar-refractivity contribution >= 4 is 16.3 Å². The van der Waals surface area contributed by atoms with Crippen molar-refractivity contribution in [3.05, 3.63) is 0 Å². The van der Waals surface area contributed by atoms with Crippen LogP contribution in [0.4, 0.5) is 0 Å². The molecular weight excluding hydrogens is 458 g/mol. The van der Waals surface area contributed by atoms with Gasteiger partial charge in [0, 0.05) is 0 Å². The molecule has 0 aromatic heterocycles. The van der Waals surface area contributed by atoms with Gasteiger partial charge in [0.25, 0.3) is 0 Å². The van der Waals surface area contributed by atoms with E-state index in [9.17, 15) is 38.7 Å². The molecule has 4 unspecified atom stereocenters. The number of hydrogen-bond acceptors (Lipinski definition) is 11. The largest absolute Gasteiger partial charge is 0.479 e. The second kappa shape index (κ2) is 10.1. The Morgan fingerprint density at radius 1 is 1.03 bits per heavy atom. The molecule has 0 aliphatic carbocycles. The molecule has 2 heterocycles. The number of ether oxygens (including phenoxy) is 4. The van der Waals surface area contributed by atoms with Gasteiger partial charge in [0.15, 0.2) is 18.7 Å². The van der Waals surface area contributed by atoms with Crippen LogP contribution in [0.5, 0.6) is 0 Å². The van der Waals surface area contributed by atoms with Crippen molar-refractivity contribution in [2.75, 3.05) is 0 Å². The van der Waals surface area contributed by atoms with Crippen LogP contribution in [0.1, 0.15) is 34.1 Å². The highest BCUT2D eigenvalue weighted by atomic mass is 32.2. The summed E-state index contributed by atoms with van der Waals surface area (Å²) in [5.41, 5.74) is -0.887. The number of aliphatic hydroxyl groups is 4. The van der Waals surface area contributed by atoms with Crippen molar-refractivity contribution in [2.45, 2.75) is 101 Å². The first-order chi connectivity index (χ1) is 14.6. The van der Waals surface area contributed by atoms with E-state index in [0.29, 0.717) is 0 Å². The van der Waals surface area contributed by atoms with Gasteiger partial charge in [0.2, 0.25) is 0 Å². The van der Waals surface area contributed by atoms with E-state index in [1.165, 1.54) is 0 Å². The SMILES string of the molecule is CCC1O[C@H](O)C(NS(=O)(=O)O)[C@H](O)[C@@H]1O[C@@H]1OC(C(=O)O)[C@@H](OC(C)(C)C)[C@@H](O)C1O. The second-order valence-corrected chi connectivity index (χ2v) is 9.81. The van der Waals surface area contributed by atoms with Crippen LogP contribution in [-0.4, -0.2) is 111 Å². The topological polar surface area (TPSA) is 222 Å². The number of hydrogen-bond donors (Lipinski definition) is 7. The predicted molar refractivity (Wildman–Crippen MR) is 103 cm³/mol. The van der Waals surface area contributed by atoms with Crippen LogP contribution in [-0.2, 0) is 34.0 Å². The first-order valence-electron chi connectivity index (χ1n) is 9.89. The zero-order valence-corrected chi connectivity index (χ0v) is 18.7. The summed E-state index contributed by atoms with van der Waals surface area (Å²) in [5, 5.41) is 51.1. The van der Waals surface area contributed by atoms with Crippen LogP contribution >= 0.6 is 0 Å². The monoisotopic (exact) mass is 489 g/mol. The minimum absolute atomic E-state index is 0.140. The van der Waals surface area contributed by atoms with Crippen LogP contribution in [0, 0.1) is 0 Å². The van der Waals surface area contributed by atoms with Gasteiger partial charge in [-0.25, -0.2) is 4.79 Å². The van der Waals surface area contributed by atoms with E-state index in [2.05, 4.69) is 0 Å². The van der Waals surface area contributed by atoms with Gasteiger partial charge in [-0.3, -0.25) is 4.55 Å². The van der Waals surface area contributed by atoms with Crippen LogP contribution < -0.4 is 4.72 Å². The molecule has 0 radical (unpaired) electrons. The van der Waals surface area contributed by atoms with Crippen LogP contribution in [0.25, 0.3) is 0 Å². The molecule has 10 atom stereocenters. The summed E-state index contributed by atoms with van der Waals surface area (Å²) in [6.07, 6.45) is -14.6. The Morgan fingerprint density at radius 3 is 2.09 bits per heavy atom. The number of aliphatic carboxylic acids is 1. The highest BCUT2D eigenvalue weighted by Gasteiger charge is 2.53. The fraction of sp³-hybridized carbons (Fsp3) is 0.941. The minimum Gasteiger partial charge on any atom is -0.479 e. The summed E-state index contributed by atoms with van der Waals surface area (Å²) < 4.78 is 54.5. The lowest BCUT2D eigenvalue weighted by molar-refractivity contribution is -0.345. The number of carboxylic acid groups (broad SMARTS) is 1. The van der Waals surface area contributed by atoms with E-state index in [1.54, 1.807) is 32.4 Å². The van der Waals surface area contributed by atoms with Gasteiger partial charge in [-0.15, -0.1) is 0 Å². The maximum Gasteiger partial charge on any atom is 0.335 e. The molecule has 188 valence electrons. The van der Waals surface area contributed by atoms with E-state index in [0.717, 1.165) is 0 Å². The molecule has 2 saturated heterocycles. The standard InChI is InChI=1S/C17H31NO13S/c1-5-6-11(8(19)7(15(24)28-6)18-32(25,26)27)29-16-10(21)9(20)12(31-17(2,3)4)13(30-16)14(22)23/h6-13,15-16,18-21,24H,5H2,1-4H3,(H,22,23)(H,25,26,27)/t6?,7?,8-,9-,10?,11+,12-,13?,15-,16+/m0/s1. The number of carbonyl (C=O) groups is 1. The van der Waals surface area contributed by atoms with Crippen molar-refractivity contribution in [3.8, 4) is 0 Å². The molecular formula is C17H31NO13S. The molecule has 0 bridgehead atoms. The second-order valence-electron chi connectivity index (χ2n) is 8.62. The van der Waals surface area contributed by atoms with E-state index in [-0.39, 0.29) is 6.42 Å². The quantitative estimate of drug-likeness (QED) is 0.182. The average molecular weight is 489 g/mol. The predicted octanol–water partition coefficient (Wildman–Crippen LogP) is -2.66. The van der Waals surface area contributed by atoms with Crippen molar-refractivity contribution < 1.29 is 62.2 Å². The molecule has 32 heavy (non-hydrogen) atoms. The number of rotatable bonds is 7. The van der Waals surface area contributed by atoms with E-state index >= 15 is 0 Å². The first kappa shape index (κ1) is 27.3. The third-order valence-electron chi connectivity index (χ3n) is 4.95. The van der Waals surface area contributed by atoms with Gasteiger partial charge < -0.3 is 44.5 Å². The lowest BCUT2D eigenvalue weighted by Gasteiger charge is -2.47. The summed E-state index contributed by atoms with van der Waals surface area (Å²) in [6, 6.07) is -1.75. The highest BCUT2D eigenvalue weighted by Crippen LogP contribution is 2.32. The van der Waals surface area contributed by atoms with Crippen molar-refractivity contribution in [1.82, 2.24) is 4.72 Å². The molecule has 0 saturated carbocycles. The first-order valence-corrected chi connectivity index (χ1v) is 11.3. The molecule has 7 N–H and O–H groups in total. The van der Waals surface area contributed by atoms with Crippen molar-refractivity contribution in [3.63, 3.8) is 0 Å². The Balaban J connectivity index is 2.27. The summed E-state index contributed by atoms with van der Waals surface area (Å²) in [5.74, 6) is -1.51. The van der Waals surface area contributed by atoms with Gasteiger partial charge >= 0.3 is 16.3 Å². The molecule has 14 nitrogen and oxygen atoms in total. The maximum absolute atomic E-state index is 11.7. The van der Waals surface area contributed by atoms with E-state index in [1.807, 2.05) is 0 Å². The summed E-state index contributed by atoms with van der Waals surface area (Å²) in [4.78, 5) is 11.7. The minimum atomic E-state index is -4.85. The molecule has 0 aromatic rings. The number of aliphatic hydroxyl groups excluding tert-OH is 4. The Labute approximate surface area is 184 Å². The molecule has 2 aliphatic rings. The lowest BCUT2D eigenvalue weighted by atomic mass is 9.94. The molecule has 2 rings (SSSR count). The zero-order chi connectivity index (χ0) is 24.6. The summed E-state index contributed by atoms with van der Waals surface area (Å²) in [6.45, 7) is 6.44. The Morgan fingerprint density at radius 2 is 1.62 bits per heavy atom. The van der Waals surface area contributed by atoms with Gasteiger partial charge in [-0.1, -0.05) is 6.92 Å². The zero-order valence-electron chi connectivity index (χ0n) is 17.9. The average Bonchev–Trinajstić information content (AvgIpc) is 2.64. The van der Waals surface area contributed by atoms with Gasteiger partial charge in [0.05, 0.1) is 11.7 Å². The molecule has 0 aromatic carbocycles. The Kier molecular flexibility index (Phi) is 8.61. The van der Waals surface area contributed by atoms with E-state index in [4.69, 9.17) is 23.5 Å². The molecule has 2 aliphatic heterocycles. The van der Waals surface area contributed by atoms with Crippen molar-refractivity contribution in [1.29, 1.82) is 0 Å². The van der Waals surface area contributed by atoms with Gasteiger partial charge in [0.1, 0.15) is 36.6 Å². The molecule has 2 fully saturated rings. The van der Waals surface area contributed by atoms with Crippen LogP contribution in [0.15, 0.2) is 0 Å². The Bertz CT molecular complexity index is 756. The highest BCUT2D eigenvalue weighted by molar-refractivity contribution is 7.83. The Hall–Kier alpha value is -0.980. The summed E-state index contributed by atoms with van der Waals surface area (Å²) >= 11 is 0. The van der Waals surface area contributed by atoms with Gasteiger partial charge in [-0.2, -0.15) is 13.1 Å². The van der Waals surface area contributed by atoms with Gasteiger partial charge in [-0.05, 0) is 27.2 Å². The van der Waals surface area contributed by atoms with Crippen molar-refractivity contribution in [2.24, 2.45) is 0 Å².